The Balaban J connectivity index is 1.88. The minimum Gasteiger partial charge on any atom is -0.349 e. The van der Waals surface area contributed by atoms with Crippen LogP contribution in [-0.2, 0) is 6.42 Å². The second-order valence-electron chi connectivity index (χ2n) is 3.64. The van der Waals surface area contributed by atoms with Gasteiger partial charge in [-0.1, -0.05) is 12.1 Å². The fourth-order valence-corrected chi connectivity index (χ4v) is 2.95. The van der Waals surface area contributed by atoms with Crippen molar-refractivity contribution in [2.75, 3.05) is 0 Å². The molecule has 0 aliphatic heterocycles. The summed E-state index contributed by atoms with van der Waals surface area (Å²) >= 11 is 3.20. The van der Waals surface area contributed by atoms with Crippen LogP contribution in [-0.4, -0.2) is 11.9 Å². The average Bonchev–Trinajstić information content (AvgIpc) is 2.88. The third kappa shape index (κ3) is 2.93. The van der Waals surface area contributed by atoms with E-state index in [1.807, 2.05) is 30.5 Å². The molecule has 0 radical (unpaired) electrons. The molecule has 0 aromatic carbocycles. The van der Waals surface area contributed by atoms with E-state index in [-0.39, 0.29) is 11.9 Å². The maximum absolute atomic E-state index is 11.7. The number of carbonyl (C=O) groups excluding carboxylic acids is 1. The van der Waals surface area contributed by atoms with Gasteiger partial charge in [-0.05, 0) is 29.8 Å². The molecule has 4 heteroatoms. The van der Waals surface area contributed by atoms with E-state index in [2.05, 4.69) is 16.8 Å². The van der Waals surface area contributed by atoms with Crippen LogP contribution >= 0.6 is 22.7 Å². The molecule has 1 atom stereocenters. The number of thiophene rings is 2. The summed E-state index contributed by atoms with van der Waals surface area (Å²) < 4.78 is 0. The molecule has 0 bridgehead atoms. The Kier molecular flexibility index (Phi) is 3.74. The van der Waals surface area contributed by atoms with Crippen LogP contribution in [0.25, 0.3) is 0 Å². The zero-order valence-electron chi connectivity index (χ0n) is 8.97. The molecule has 2 rings (SSSR count). The van der Waals surface area contributed by atoms with Crippen molar-refractivity contribution in [2.24, 2.45) is 0 Å². The lowest BCUT2D eigenvalue weighted by Gasteiger charge is -2.11. The van der Waals surface area contributed by atoms with Gasteiger partial charge in [0.25, 0.3) is 5.91 Å². The maximum Gasteiger partial charge on any atom is 0.261 e. The minimum absolute atomic E-state index is 0.0269. The summed E-state index contributed by atoms with van der Waals surface area (Å²) in [6.45, 7) is 2.03. The smallest absolute Gasteiger partial charge is 0.261 e. The van der Waals surface area contributed by atoms with Crippen molar-refractivity contribution in [1.29, 1.82) is 0 Å². The largest absolute Gasteiger partial charge is 0.349 e. The van der Waals surface area contributed by atoms with Gasteiger partial charge in [0.2, 0.25) is 0 Å². The van der Waals surface area contributed by atoms with Gasteiger partial charge >= 0.3 is 0 Å². The quantitative estimate of drug-likeness (QED) is 0.888. The molecule has 1 amide bonds. The molecule has 2 aromatic rings. The number of hydrogen-bond donors (Lipinski definition) is 1. The van der Waals surface area contributed by atoms with E-state index < -0.39 is 0 Å². The van der Waals surface area contributed by atoms with Crippen LogP contribution in [0.1, 0.15) is 21.5 Å². The van der Waals surface area contributed by atoms with Gasteiger partial charge in [0.1, 0.15) is 0 Å². The molecule has 2 heterocycles. The highest BCUT2D eigenvalue weighted by Crippen LogP contribution is 2.12. The SMILES string of the molecule is C[C@@H](Cc1cccs1)NC(=O)c1cccs1. The highest BCUT2D eigenvalue weighted by molar-refractivity contribution is 7.12. The van der Waals surface area contributed by atoms with Gasteiger partial charge in [-0.15, -0.1) is 22.7 Å². The van der Waals surface area contributed by atoms with Gasteiger partial charge in [0.05, 0.1) is 4.88 Å². The summed E-state index contributed by atoms with van der Waals surface area (Å²) in [6.07, 6.45) is 0.898. The Morgan fingerprint density at radius 1 is 1.31 bits per heavy atom. The van der Waals surface area contributed by atoms with E-state index in [1.54, 1.807) is 11.3 Å². The van der Waals surface area contributed by atoms with E-state index in [9.17, 15) is 4.79 Å². The van der Waals surface area contributed by atoms with Gasteiger partial charge in [-0.25, -0.2) is 0 Å². The molecular formula is C12H13NOS2. The predicted molar refractivity (Wildman–Crippen MR) is 69.3 cm³/mol. The van der Waals surface area contributed by atoms with Crippen LogP contribution in [0.4, 0.5) is 0 Å². The highest BCUT2D eigenvalue weighted by atomic mass is 32.1. The van der Waals surface area contributed by atoms with Crippen LogP contribution in [0.2, 0.25) is 0 Å². The van der Waals surface area contributed by atoms with Gasteiger partial charge in [0.15, 0.2) is 0 Å². The summed E-state index contributed by atoms with van der Waals surface area (Å²) in [7, 11) is 0. The number of hydrogen-bond acceptors (Lipinski definition) is 3. The second-order valence-corrected chi connectivity index (χ2v) is 5.62. The lowest BCUT2D eigenvalue weighted by atomic mass is 10.2. The topological polar surface area (TPSA) is 29.1 Å². The highest BCUT2D eigenvalue weighted by Gasteiger charge is 2.10. The Bertz CT molecular complexity index is 434. The Morgan fingerprint density at radius 3 is 2.69 bits per heavy atom. The fraction of sp³-hybridized carbons (Fsp3) is 0.250. The zero-order valence-corrected chi connectivity index (χ0v) is 10.6. The fourth-order valence-electron chi connectivity index (χ4n) is 1.48. The maximum atomic E-state index is 11.7. The summed E-state index contributed by atoms with van der Waals surface area (Å²) in [4.78, 5) is 13.8. The molecule has 0 aliphatic carbocycles. The van der Waals surface area contributed by atoms with E-state index in [0.29, 0.717) is 0 Å². The summed E-state index contributed by atoms with van der Waals surface area (Å²) in [5.74, 6) is 0.0269. The van der Waals surface area contributed by atoms with Crippen LogP contribution in [0.5, 0.6) is 0 Å². The molecule has 1 N–H and O–H groups in total. The van der Waals surface area contributed by atoms with E-state index in [4.69, 9.17) is 0 Å². The van der Waals surface area contributed by atoms with Crippen molar-refractivity contribution >= 4 is 28.6 Å². The molecule has 0 fully saturated rings. The first-order chi connectivity index (χ1) is 7.75. The van der Waals surface area contributed by atoms with Gasteiger partial charge < -0.3 is 5.32 Å². The third-order valence-corrected chi connectivity index (χ3v) is 3.98. The predicted octanol–water partition coefficient (Wildman–Crippen LogP) is 3.17. The monoisotopic (exact) mass is 251 g/mol. The van der Waals surface area contributed by atoms with Crippen LogP contribution in [0.15, 0.2) is 35.0 Å². The molecule has 84 valence electrons. The van der Waals surface area contributed by atoms with Gasteiger partial charge in [0, 0.05) is 17.3 Å². The van der Waals surface area contributed by atoms with Crippen molar-refractivity contribution in [1.82, 2.24) is 5.32 Å². The summed E-state index contributed by atoms with van der Waals surface area (Å²) in [6, 6.07) is 8.04. The van der Waals surface area contributed by atoms with Crippen LogP contribution < -0.4 is 5.32 Å². The molecule has 0 saturated carbocycles. The normalized spacial score (nSPS) is 12.3. The number of carbonyl (C=O) groups is 1. The molecule has 0 spiro atoms. The average molecular weight is 251 g/mol. The Hall–Kier alpha value is -1.13. The van der Waals surface area contributed by atoms with E-state index in [0.717, 1.165) is 11.3 Å². The van der Waals surface area contributed by atoms with E-state index in [1.165, 1.54) is 16.2 Å². The Morgan fingerprint density at radius 2 is 2.06 bits per heavy atom. The number of nitrogens with one attached hydrogen (secondary N) is 1. The first-order valence-corrected chi connectivity index (χ1v) is 6.88. The molecular weight excluding hydrogens is 238 g/mol. The van der Waals surface area contributed by atoms with Crippen molar-refractivity contribution < 1.29 is 4.79 Å². The molecule has 16 heavy (non-hydrogen) atoms. The molecule has 0 unspecified atom stereocenters. The van der Waals surface area contributed by atoms with E-state index >= 15 is 0 Å². The molecule has 2 nitrogen and oxygen atoms in total. The zero-order chi connectivity index (χ0) is 11.4. The van der Waals surface area contributed by atoms with Crippen molar-refractivity contribution in [3.05, 3.63) is 44.8 Å². The summed E-state index contributed by atoms with van der Waals surface area (Å²) in [5, 5.41) is 6.97. The van der Waals surface area contributed by atoms with Crippen LogP contribution in [0, 0.1) is 0 Å². The van der Waals surface area contributed by atoms with Gasteiger partial charge in [-0.3, -0.25) is 4.79 Å². The van der Waals surface area contributed by atoms with Crippen LogP contribution in [0.3, 0.4) is 0 Å². The second kappa shape index (κ2) is 5.27. The first kappa shape index (κ1) is 11.4. The number of rotatable bonds is 4. The first-order valence-electron chi connectivity index (χ1n) is 5.12. The summed E-state index contributed by atoms with van der Waals surface area (Å²) in [5.41, 5.74) is 0. The van der Waals surface area contributed by atoms with Crippen molar-refractivity contribution in [3.8, 4) is 0 Å². The third-order valence-electron chi connectivity index (χ3n) is 2.21. The molecule has 0 saturated heterocycles. The van der Waals surface area contributed by atoms with Gasteiger partial charge in [-0.2, -0.15) is 0 Å². The molecule has 2 aromatic heterocycles. The van der Waals surface area contributed by atoms with Crippen molar-refractivity contribution in [3.63, 3.8) is 0 Å². The Labute approximate surface area is 103 Å². The lowest BCUT2D eigenvalue weighted by Crippen LogP contribution is -2.33. The lowest BCUT2D eigenvalue weighted by molar-refractivity contribution is 0.0944. The number of amides is 1. The molecule has 0 aliphatic rings. The standard InChI is InChI=1S/C12H13NOS2/c1-9(8-10-4-2-6-15-10)13-12(14)11-5-3-7-16-11/h2-7,9H,8H2,1H3,(H,13,14)/t9-/m0/s1. The van der Waals surface area contributed by atoms with Crippen molar-refractivity contribution in [2.45, 2.75) is 19.4 Å². The minimum atomic E-state index is 0.0269.